The van der Waals surface area contributed by atoms with Gasteiger partial charge >= 0.3 is 0 Å². The Bertz CT molecular complexity index is 708. The van der Waals surface area contributed by atoms with Crippen LogP contribution in [-0.2, 0) is 0 Å². The van der Waals surface area contributed by atoms with Gasteiger partial charge in [0.2, 0.25) is 0 Å². The quantitative estimate of drug-likeness (QED) is 0.853. The van der Waals surface area contributed by atoms with Crippen molar-refractivity contribution in [3.8, 4) is 5.75 Å². The van der Waals surface area contributed by atoms with Crippen molar-refractivity contribution in [2.75, 3.05) is 26.2 Å². The lowest BCUT2D eigenvalue weighted by Crippen LogP contribution is -2.50. The molecule has 0 atom stereocenters. The van der Waals surface area contributed by atoms with Gasteiger partial charge in [0.05, 0.1) is 5.56 Å². The number of halogens is 1. The molecule has 0 spiro atoms. The highest BCUT2D eigenvalue weighted by Gasteiger charge is 2.25. The maximum absolute atomic E-state index is 12.5. The molecular formula is C17H16BrN3O3. The third kappa shape index (κ3) is 3.56. The van der Waals surface area contributed by atoms with E-state index in [-0.39, 0.29) is 17.6 Å². The lowest BCUT2D eigenvalue weighted by molar-refractivity contribution is 0.0535. The van der Waals surface area contributed by atoms with Crippen LogP contribution >= 0.6 is 15.9 Å². The molecule has 1 aromatic carbocycles. The van der Waals surface area contributed by atoms with Crippen LogP contribution in [0.1, 0.15) is 20.7 Å². The lowest BCUT2D eigenvalue weighted by Gasteiger charge is -2.34. The number of pyridine rings is 1. The number of rotatable bonds is 2. The highest BCUT2D eigenvalue weighted by atomic mass is 79.9. The molecule has 0 radical (unpaired) electrons. The monoisotopic (exact) mass is 389 g/mol. The van der Waals surface area contributed by atoms with Gasteiger partial charge in [0.25, 0.3) is 11.8 Å². The van der Waals surface area contributed by atoms with E-state index in [1.54, 1.807) is 34.2 Å². The van der Waals surface area contributed by atoms with E-state index in [0.29, 0.717) is 37.3 Å². The van der Waals surface area contributed by atoms with E-state index in [1.807, 2.05) is 0 Å². The molecule has 124 valence electrons. The first-order valence-electron chi connectivity index (χ1n) is 7.53. The molecule has 1 saturated heterocycles. The third-order valence-electron chi connectivity index (χ3n) is 3.90. The van der Waals surface area contributed by atoms with Gasteiger partial charge in [-0.2, -0.15) is 0 Å². The summed E-state index contributed by atoms with van der Waals surface area (Å²) in [6, 6.07) is 8.03. The average molecular weight is 390 g/mol. The van der Waals surface area contributed by atoms with E-state index in [4.69, 9.17) is 0 Å². The van der Waals surface area contributed by atoms with Crippen molar-refractivity contribution in [2.24, 2.45) is 0 Å². The molecule has 1 aliphatic heterocycles. The number of hydrogen-bond acceptors (Lipinski definition) is 4. The van der Waals surface area contributed by atoms with E-state index < -0.39 is 0 Å². The fourth-order valence-corrected chi connectivity index (χ4v) is 3.01. The highest BCUT2D eigenvalue weighted by molar-refractivity contribution is 9.10. The van der Waals surface area contributed by atoms with E-state index in [1.165, 1.54) is 18.3 Å². The summed E-state index contributed by atoms with van der Waals surface area (Å²) in [6.45, 7) is 1.86. The zero-order valence-electron chi connectivity index (χ0n) is 12.9. The maximum Gasteiger partial charge on any atom is 0.255 e. The fraction of sp³-hybridized carbons (Fsp3) is 0.235. The second-order valence-electron chi connectivity index (χ2n) is 5.53. The molecule has 7 heteroatoms. The minimum absolute atomic E-state index is 0.0665. The van der Waals surface area contributed by atoms with Gasteiger partial charge in [0, 0.05) is 48.6 Å². The molecule has 2 amide bonds. The van der Waals surface area contributed by atoms with Crippen molar-refractivity contribution in [1.82, 2.24) is 14.8 Å². The Morgan fingerprint density at radius 1 is 0.958 bits per heavy atom. The molecule has 24 heavy (non-hydrogen) atoms. The molecule has 1 N–H and O–H groups in total. The number of aromatic hydroxyl groups is 1. The molecule has 1 aliphatic rings. The minimum atomic E-state index is -0.137. The Labute approximate surface area is 147 Å². The molecule has 3 rings (SSSR count). The second kappa shape index (κ2) is 7.00. The lowest BCUT2D eigenvalue weighted by atomic mass is 10.1. The highest BCUT2D eigenvalue weighted by Crippen LogP contribution is 2.16. The molecule has 0 aliphatic carbocycles. The van der Waals surface area contributed by atoms with Crippen LogP contribution in [0, 0.1) is 0 Å². The standard InChI is InChI=1S/C17H16BrN3O3/c18-14-8-13(10-19-11-14)17(24)21-6-4-20(5-7-21)16(23)12-2-1-3-15(22)9-12/h1-3,8-11,22H,4-7H2. The van der Waals surface area contributed by atoms with E-state index in [9.17, 15) is 14.7 Å². The SMILES string of the molecule is O=C(c1cccc(O)c1)N1CCN(C(=O)c2cncc(Br)c2)CC1. The van der Waals surface area contributed by atoms with Crippen molar-refractivity contribution in [1.29, 1.82) is 0 Å². The Hall–Kier alpha value is -2.41. The first-order chi connectivity index (χ1) is 11.5. The number of piperazine rings is 1. The molecular weight excluding hydrogens is 374 g/mol. The van der Waals surface area contributed by atoms with Crippen LogP contribution in [0.4, 0.5) is 0 Å². The number of phenolic OH excluding ortho intramolecular Hbond substituents is 1. The van der Waals surface area contributed by atoms with Gasteiger partial charge in [-0.1, -0.05) is 6.07 Å². The largest absolute Gasteiger partial charge is 0.508 e. The van der Waals surface area contributed by atoms with Gasteiger partial charge in [-0.05, 0) is 40.2 Å². The Morgan fingerprint density at radius 2 is 1.58 bits per heavy atom. The van der Waals surface area contributed by atoms with Crippen molar-refractivity contribution < 1.29 is 14.7 Å². The minimum Gasteiger partial charge on any atom is -0.508 e. The van der Waals surface area contributed by atoms with Crippen LogP contribution in [0.3, 0.4) is 0 Å². The van der Waals surface area contributed by atoms with Crippen LogP contribution in [0.25, 0.3) is 0 Å². The number of hydrogen-bond donors (Lipinski definition) is 1. The number of carbonyl (C=O) groups excluding carboxylic acids is 2. The summed E-state index contributed by atoms with van der Waals surface area (Å²) in [5.41, 5.74) is 0.975. The average Bonchev–Trinajstić information content (AvgIpc) is 2.60. The topological polar surface area (TPSA) is 73.7 Å². The Morgan fingerprint density at radius 3 is 2.17 bits per heavy atom. The van der Waals surface area contributed by atoms with Gasteiger partial charge in [0.15, 0.2) is 0 Å². The summed E-state index contributed by atoms with van der Waals surface area (Å²) < 4.78 is 0.756. The van der Waals surface area contributed by atoms with Gasteiger partial charge in [0.1, 0.15) is 5.75 Å². The van der Waals surface area contributed by atoms with Crippen molar-refractivity contribution in [3.63, 3.8) is 0 Å². The molecule has 1 fully saturated rings. The molecule has 0 saturated carbocycles. The molecule has 0 bridgehead atoms. The van der Waals surface area contributed by atoms with Gasteiger partial charge < -0.3 is 14.9 Å². The van der Waals surface area contributed by atoms with E-state index >= 15 is 0 Å². The first-order valence-corrected chi connectivity index (χ1v) is 8.32. The number of carbonyl (C=O) groups is 2. The number of benzene rings is 1. The molecule has 1 aromatic heterocycles. The van der Waals surface area contributed by atoms with Crippen LogP contribution < -0.4 is 0 Å². The summed E-state index contributed by atoms with van der Waals surface area (Å²) in [7, 11) is 0. The Balaban J connectivity index is 1.63. The Kier molecular flexibility index (Phi) is 4.80. The van der Waals surface area contributed by atoms with E-state index in [2.05, 4.69) is 20.9 Å². The predicted molar refractivity (Wildman–Crippen MR) is 91.9 cm³/mol. The summed E-state index contributed by atoms with van der Waals surface area (Å²) in [6.07, 6.45) is 3.17. The summed E-state index contributed by atoms with van der Waals surface area (Å²) in [5.74, 6) is -0.160. The van der Waals surface area contributed by atoms with E-state index in [0.717, 1.165) is 4.47 Å². The number of nitrogens with zero attached hydrogens (tertiary/aromatic N) is 3. The molecule has 2 aromatic rings. The molecule has 2 heterocycles. The van der Waals surface area contributed by atoms with Crippen molar-refractivity contribution in [3.05, 3.63) is 58.3 Å². The van der Waals surface area contributed by atoms with Crippen molar-refractivity contribution in [2.45, 2.75) is 0 Å². The zero-order valence-corrected chi connectivity index (χ0v) is 14.4. The maximum atomic E-state index is 12.5. The summed E-state index contributed by atoms with van der Waals surface area (Å²) in [4.78, 5) is 32.3. The van der Waals surface area contributed by atoms with Gasteiger partial charge in [-0.25, -0.2) is 0 Å². The second-order valence-corrected chi connectivity index (χ2v) is 6.44. The van der Waals surface area contributed by atoms with Gasteiger partial charge in [-0.3, -0.25) is 14.6 Å². The first kappa shape index (κ1) is 16.4. The zero-order chi connectivity index (χ0) is 17.1. The van der Waals surface area contributed by atoms with Crippen LogP contribution in [0.15, 0.2) is 47.2 Å². The fourth-order valence-electron chi connectivity index (χ4n) is 2.65. The number of aromatic nitrogens is 1. The third-order valence-corrected chi connectivity index (χ3v) is 4.33. The van der Waals surface area contributed by atoms with Crippen LogP contribution in [0.5, 0.6) is 5.75 Å². The summed E-state index contributed by atoms with van der Waals surface area (Å²) >= 11 is 3.31. The van der Waals surface area contributed by atoms with Crippen LogP contribution in [-0.4, -0.2) is 57.9 Å². The molecule has 6 nitrogen and oxygen atoms in total. The molecule has 0 unspecified atom stereocenters. The van der Waals surface area contributed by atoms with Gasteiger partial charge in [-0.15, -0.1) is 0 Å². The van der Waals surface area contributed by atoms with Crippen LogP contribution in [0.2, 0.25) is 0 Å². The number of amides is 2. The predicted octanol–water partition coefficient (Wildman–Crippen LogP) is 2.15. The number of phenols is 1. The summed E-state index contributed by atoms with van der Waals surface area (Å²) in [5, 5.41) is 9.49. The van der Waals surface area contributed by atoms with Crippen molar-refractivity contribution >= 4 is 27.7 Å². The normalized spacial score (nSPS) is 14.5. The smallest absolute Gasteiger partial charge is 0.255 e.